The van der Waals surface area contributed by atoms with Gasteiger partial charge in [0.1, 0.15) is 0 Å². The lowest BCUT2D eigenvalue weighted by Crippen LogP contribution is -2.39. The molecular weight excluding hydrogens is 244 g/mol. The molecule has 100 valence electrons. The summed E-state index contributed by atoms with van der Waals surface area (Å²) in [6.45, 7) is 4.94. The van der Waals surface area contributed by atoms with Gasteiger partial charge in [0.05, 0.1) is 0 Å². The van der Waals surface area contributed by atoms with Gasteiger partial charge in [-0.2, -0.15) is 0 Å². The molecule has 0 radical (unpaired) electrons. The topological polar surface area (TPSA) is 41.1 Å². The van der Waals surface area contributed by atoms with Crippen LogP contribution < -0.4 is 10.6 Å². The van der Waals surface area contributed by atoms with E-state index in [1.165, 1.54) is 4.88 Å². The van der Waals surface area contributed by atoms with E-state index in [4.69, 9.17) is 0 Å². The smallest absolute Gasteiger partial charge is 0.223 e. The number of carbonyl (C=O) groups excluding carboxylic acids is 1. The van der Waals surface area contributed by atoms with Crippen LogP contribution >= 0.6 is 11.3 Å². The van der Waals surface area contributed by atoms with Crippen molar-refractivity contribution in [2.45, 2.75) is 26.2 Å². The fourth-order valence-corrected chi connectivity index (χ4v) is 3.22. The molecule has 4 heteroatoms. The van der Waals surface area contributed by atoms with Crippen LogP contribution in [0.1, 0.15) is 24.6 Å². The minimum Gasteiger partial charge on any atom is -0.356 e. The average molecular weight is 266 g/mol. The van der Waals surface area contributed by atoms with Crippen LogP contribution in [0.15, 0.2) is 17.5 Å². The Morgan fingerprint density at radius 3 is 3.00 bits per heavy atom. The Bertz CT molecular complexity index is 358. The summed E-state index contributed by atoms with van der Waals surface area (Å²) in [6.07, 6.45) is 3.01. The van der Waals surface area contributed by atoms with Crippen LogP contribution in [-0.4, -0.2) is 25.5 Å². The van der Waals surface area contributed by atoms with Crippen molar-refractivity contribution in [3.8, 4) is 0 Å². The summed E-state index contributed by atoms with van der Waals surface area (Å²) in [6, 6.07) is 4.25. The number of hydrogen-bond acceptors (Lipinski definition) is 3. The van der Waals surface area contributed by atoms with E-state index in [1.807, 2.05) is 0 Å². The molecule has 1 atom stereocenters. The van der Waals surface area contributed by atoms with E-state index in [2.05, 4.69) is 35.1 Å². The van der Waals surface area contributed by atoms with Crippen LogP contribution in [0.5, 0.6) is 0 Å². The Kier molecular flexibility index (Phi) is 5.20. The quantitative estimate of drug-likeness (QED) is 0.856. The van der Waals surface area contributed by atoms with E-state index in [0.717, 1.165) is 38.9 Å². The normalized spacial score (nSPS) is 18.5. The molecule has 1 saturated heterocycles. The van der Waals surface area contributed by atoms with Crippen molar-refractivity contribution >= 4 is 17.2 Å². The van der Waals surface area contributed by atoms with Crippen LogP contribution in [0.3, 0.4) is 0 Å². The first kappa shape index (κ1) is 13.6. The predicted octanol–water partition coefficient (Wildman–Crippen LogP) is 2.04. The summed E-state index contributed by atoms with van der Waals surface area (Å²) in [5.41, 5.74) is 0. The molecule has 1 aromatic heterocycles. The highest BCUT2D eigenvalue weighted by Gasteiger charge is 2.20. The first-order chi connectivity index (χ1) is 8.75. The monoisotopic (exact) mass is 266 g/mol. The Balaban J connectivity index is 1.68. The molecule has 0 aromatic carbocycles. The Hall–Kier alpha value is -0.870. The van der Waals surface area contributed by atoms with Gasteiger partial charge in [-0.1, -0.05) is 13.0 Å². The molecule has 2 rings (SSSR count). The third-order valence-corrected chi connectivity index (χ3v) is 4.36. The van der Waals surface area contributed by atoms with Gasteiger partial charge < -0.3 is 10.6 Å². The molecule has 3 nitrogen and oxygen atoms in total. The molecule has 1 fully saturated rings. The summed E-state index contributed by atoms with van der Waals surface area (Å²) < 4.78 is 0. The second-order valence-electron chi connectivity index (χ2n) is 5.16. The highest BCUT2D eigenvalue weighted by molar-refractivity contribution is 7.09. The SMILES string of the molecule is CC(CNC(=O)C1CCNCC1)Cc1cccs1. The molecule has 2 N–H and O–H groups in total. The lowest BCUT2D eigenvalue weighted by molar-refractivity contribution is -0.125. The van der Waals surface area contributed by atoms with E-state index in [1.54, 1.807) is 11.3 Å². The van der Waals surface area contributed by atoms with Crippen molar-refractivity contribution in [2.75, 3.05) is 19.6 Å². The lowest BCUT2D eigenvalue weighted by Gasteiger charge is -2.22. The van der Waals surface area contributed by atoms with Crippen LogP contribution in [-0.2, 0) is 11.2 Å². The molecule has 18 heavy (non-hydrogen) atoms. The van der Waals surface area contributed by atoms with Gasteiger partial charge in [0.15, 0.2) is 0 Å². The molecule has 1 aliphatic rings. The Morgan fingerprint density at radius 2 is 2.33 bits per heavy atom. The average Bonchev–Trinajstić information content (AvgIpc) is 2.90. The van der Waals surface area contributed by atoms with E-state index in [-0.39, 0.29) is 11.8 Å². The zero-order valence-electron chi connectivity index (χ0n) is 10.9. The Labute approximate surface area is 113 Å². The molecule has 0 bridgehead atoms. The fourth-order valence-electron chi connectivity index (χ4n) is 2.35. The zero-order chi connectivity index (χ0) is 12.8. The summed E-state index contributed by atoms with van der Waals surface area (Å²) in [7, 11) is 0. The first-order valence-electron chi connectivity index (χ1n) is 6.76. The maximum Gasteiger partial charge on any atom is 0.223 e. The maximum absolute atomic E-state index is 12.0. The van der Waals surface area contributed by atoms with Crippen molar-refractivity contribution in [3.63, 3.8) is 0 Å². The number of amides is 1. The third kappa shape index (κ3) is 4.10. The molecule has 0 aliphatic carbocycles. The number of thiophene rings is 1. The second-order valence-corrected chi connectivity index (χ2v) is 6.19. The minimum atomic E-state index is 0.222. The number of nitrogens with one attached hydrogen (secondary N) is 2. The van der Waals surface area contributed by atoms with Crippen molar-refractivity contribution in [3.05, 3.63) is 22.4 Å². The van der Waals surface area contributed by atoms with Crippen molar-refractivity contribution in [1.29, 1.82) is 0 Å². The summed E-state index contributed by atoms with van der Waals surface area (Å²) in [5, 5.41) is 8.49. The lowest BCUT2D eigenvalue weighted by atomic mass is 9.97. The van der Waals surface area contributed by atoms with E-state index >= 15 is 0 Å². The highest BCUT2D eigenvalue weighted by atomic mass is 32.1. The predicted molar refractivity (Wildman–Crippen MR) is 75.8 cm³/mol. The minimum absolute atomic E-state index is 0.222. The number of hydrogen-bond donors (Lipinski definition) is 2. The van der Waals surface area contributed by atoms with Crippen molar-refractivity contribution in [2.24, 2.45) is 11.8 Å². The van der Waals surface area contributed by atoms with Crippen LogP contribution in [0.4, 0.5) is 0 Å². The van der Waals surface area contributed by atoms with Crippen LogP contribution in [0.25, 0.3) is 0 Å². The zero-order valence-corrected chi connectivity index (χ0v) is 11.8. The molecule has 1 amide bonds. The van der Waals surface area contributed by atoms with Gasteiger partial charge in [0.2, 0.25) is 5.91 Å². The van der Waals surface area contributed by atoms with Gasteiger partial charge in [-0.25, -0.2) is 0 Å². The number of rotatable bonds is 5. The number of piperidine rings is 1. The number of carbonyl (C=O) groups is 1. The molecule has 0 saturated carbocycles. The molecule has 2 heterocycles. The molecule has 1 aliphatic heterocycles. The second kappa shape index (κ2) is 6.90. The standard InChI is InChI=1S/C14H22N2OS/c1-11(9-13-3-2-8-18-13)10-16-14(17)12-4-6-15-7-5-12/h2-3,8,11-12,15H,4-7,9-10H2,1H3,(H,16,17). The van der Waals surface area contributed by atoms with E-state index in [0.29, 0.717) is 5.92 Å². The molecule has 0 spiro atoms. The highest BCUT2D eigenvalue weighted by Crippen LogP contribution is 2.15. The van der Waals surface area contributed by atoms with Gasteiger partial charge in [0.25, 0.3) is 0 Å². The van der Waals surface area contributed by atoms with Gasteiger partial charge in [0, 0.05) is 17.3 Å². The largest absolute Gasteiger partial charge is 0.356 e. The van der Waals surface area contributed by atoms with Crippen LogP contribution in [0, 0.1) is 11.8 Å². The molecular formula is C14H22N2OS. The van der Waals surface area contributed by atoms with Gasteiger partial charge in [-0.15, -0.1) is 11.3 Å². The molecule has 1 aromatic rings. The van der Waals surface area contributed by atoms with E-state index < -0.39 is 0 Å². The summed E-state index contributed by atoms with van der Waals surface area (Å²) >= 11 is 1.79. The summed E-state index contributed by atoms with van der Waals surface area (Å²) in [5.74, 6) is 0.976. The summed E-state index contributed by atoms with van der Waals surface area (Å²) in [4.78, 5) is 13.4. The first-order valence-corrected chi connectivity index (χ1v) is 7.64. The van der Waals surface area contributed by atoms with Gasteiger partial charge in [-0.3, -0.25) is 4.79 Å². The van der Waals surface area contributed by atoms with Crippen molar-refractivity contribution in [1.82, 2.24) is 10.6 Å². The van der Waals surface area contributed by atoms with Crippen molar-refractivity contribution < 1.29 is 4.79 Å². The van der Waals surface area contributed by atoms with Crippen LogP contribution in [0.2, 0.25) is 0 Å². The third-order valence-electron chi connectivity index (χ3n) is 3.46. The van der Waals surface area contributed by atoms with Gasteiger partial charge in [-0.05, 0) is 49.7 Å². The van der Waals surface area contributed by atoms with Gasteiger partial charge >= 0.3 is 0 Å². The molecule has 1 unspecified atom stereocenters. The maximum atomic E-state index is 12.0. The fraction of sp³-hybridized carbons (Fsp3) is 0.643. The van der Waals surface area contributed by atoms with E-state index in [9.17, 15) is 4.79 Å². The Morgan fingerprint density at radius 1 is 1.56 bits per heavy atom.